The van der Waals surface area contributed by atoms with Crippen LogP contribution in [0.4, 0.5) is 4.39 Å². The molecule has 0 spiro atoms. The van der Waals surface area contributed by atoms with E-state index in [2.05, 4.69) is 0 Å². The van der Waals surface area contributed by atoms with E-state index in [1.807, 2.05) is 6.07 Å². The number of nitrogens with two attached hydrogens (primary N) is 1. The minimum atomic E-state index is -0.237. The lowest BCUT2D eigenvalue weighted by atomic mass is 9.98. The molecule has 102 valence electrons. The Balaban J connectivity index is 1.68. The van der Waals surface area contributed by atoms with Crippen LogP contribution in [-0.4, -0.2) is 0 Å². The first-order chi connectivity index (χ1) is 9.22. The summed E-state index contributed by atoms with van der Waals surface area (Å²) in [6.45, 7) is 0. The molecular weight excluding hydrogens is 241 g/mol. The van der Waals surface area contributed by atoms with E-state index in [0.717, 1.165) is 23.5 Å². The van der Waals surface area contributed by atoms with Crippen LogP contribution >= 0.6 is 0 Å². The molecule has 0 aliphatic heterocycles. The molecule has 1 atom stereocenters. The summed E-state index contributed by atoms with van der Waals surface area (Å²) in [4.78, 5) is 0. The van der Waals surface area contributed by atoms with Crippen LogP contribution in [0.1, 0.15) is 50.3 Å². The van der Waals surface area contributed by atoms with Gasteiger partial charge >= 0.3 is 0 Å². The van der Waals surface area contributed by atoms with Gasteiger partial charge in [0.1, 0.15) is 17.2 Å². The molecule has 3 heteroatoms. The third kappa shape index (κ3) is 2.81. The molecule has 2 aromatic rings. The molecule has 1 saturated carbocycles. The molecule has 2 nitrogen and oxygen atoms in total. The van der Waals surface area contributed by atoms with Gasteiger partial charge in [-0.25, -0.2) is 4.39 Å². The van der Waals surface area contributed by atoms with E-state index in [0.29, 0.717) is 5.58 Å². The average Bonchev–Trinajstić information content (AvgIpc) is 3.04. The number of hydrogen-bond acceptors (Lipinski definition) is 2. The van der Waals surface area contributed by atoms with E-state index in [1.54, 1.807) is 6.07 Å². The molecule has 1 unspecified atom stereocenters. The minimum Gasteiger partial charge on any atom is -0.459 e. The Morgan fingerprint density at radius 3 is 2.84 bits per heavy atom. The summed E-state index contributed by atoms with van der Waals surface area (Å²) in [5.41, 5.74) is 6.90. The summed E-state index contributed by atoms with van der Waals surface area (Å²) in [6.07, 6.45) is 7.54. The van der Waals surface area contributed by atoms with Crippen molar-refractivity contribution in [3.63, 3.8) is 0 Å². The molecule has 0 saturated heterocycles. The normalized spacial score (nSPS) is 18.2. The molecule has 1 fully saturated rings. The molecule has 1 heterocycles. The lowest BCUT2D eigenvalue weighted by Gasteiger charge is -2.12. The molecule has 0 bridgehead atoms. The number of fused-ring (bicyclic) bond motifs is 1. The topological polar surface area (TPSA) is 39.2 Å². The summed E-state index contributed by atoms with van der Waals surface area (Å²) in [5, 5.41) is 0.798. The van der Waals surface area contributed by atoms with Crippen LogP contribution in [0.5, 0.6) is 0 Å². The lowest BCUT2D eigenvalue weighted by Crippen LogP contribution is -2.10. The lowest BCUT2D eigenvalue weighted by molar-refractivity contribution is 0.415. The Morgan fingerprint density at radius 1 is 1.26 bits per heavy atom. The fourth-order valence-electron chi connectivity index (χ4n) is 3.07. The monoisotopic (exact) mass is 261 g/mol. The number of hydrogen-bond donors (Lipinski definition) is 1. The van der Waals surface area contributed by atoms with Crippen molar-refractivity contribution in [1.29, 1.82) is 0 Å². The molecule has 1 aromatic heterocycles. The van der Waals surface area contributed by atoms with Gasteiger partial charge in [-0.1, -0.05) is 25.7 Å². The third-order valence-electron chi connectivity index (χ3n) is 4.22. The summed E-state index contributed by atoms with van der Waals surface area (Å²) in [5.74, 6) is 1.38. The predicted octanol–water partition coefficient (Wildman–Crippen LogP) is 4.54. The number of rotatable bonds is 4. The second kappa shape index (κ2) is 5.33. The van der Waals surface area contributed by atoms with E-state index in [9.17, 15) is 4.39 Å². The first-order valence-electron chi connectivity index (χ1n) is 7.17. The van der Waals surface area contributed by atoms with Crippen LogP contribution in [0.25, 0.3) is 11.0 Å². The zero-order chi connectivity index (χ0) is 13.2. The summed E-state index contributed by atoms with van der Waals surface area (Å²) >= 11 is 0. The van der Waals surface area contributed by atoms with Gasteiger partial charge in [-0.05, 0) is 43.0 Å². The number of benzene rings is 1. The molecule has 2 N–H and O–H groups in total. The largest absolute Gasteiger partial charge is 0.459 e. The van der Waals surface area contributed by atoms with Gasteiger partial charge in [0.25, 0.3) is 0 Å². The number of halogens is 1. The molecular formula is C16H20FNO. The smallest absolute Gasteiger partial charge is 0.134 e. The van der Waals surface area contributed by atoms with E-state index in [-0.39, 0.29) is 11.9 Å². The van der Waals surface area contributed by atoms with Gasteiger partial charge in [0.2, 0.25) is 0 Å². The van der Waals surface area contributed by atoms with Gasteiger partial charge in [0.15, 0.2) is 0 Å². The van der Waals surface area contributed by atoms with E-state index < -0.39 is 0 Å². The highest BCUT2D eigenvalue weighted by Crippen LogP contribution is 2.32. The molecule has 3 rings (SSSR count). The first-order valence-corrected chi connectivity index (χ1v) is 7.17. The molecule has 1 aliphatic carbocycles. The van der Waals surface area contributed by atoms with Crippen molar-refractivity contribution < 1.29 is 8.81 Å². The quantitative estimate of drug-likeness (QED) is 0.877. The molecule has 1 aromatic carbocycles. The SMILES string of the molecule is NC(CCC1CCCC1)c1cc2cc(F)ccc2o1. The fraction of sp³-hybridized carbons (Fsp3) is 0.500. The van der Waals surface area contributed by atoms with Crippen molar-refractivity contribution in [2.24, 2.45) is 11.7 Å². The zero-order valence-electron chi connectivity index (χ0n) is 11.1. The highest BCUT2D eigenvalue weighted by atomic mass is 19.1. The van der Waals surface area contributed by atoms with Crippen molar-refractivity contribution in [2.75, 3.05) is 0 Å². The van der Waals surface area contributed by atoms with Crippen LogP contribution < -0.4 is 5.73 Å². The van der Waals surface area contributed by atoms with Crippen molar-refractivity contribution in [1.82, 2.24) is 0 Å². The standard InChI is InChI=1S/C16H20FNO/c17-13-6-8-15-12(9-13)10-16(19-15)14(18)7-5-11-3-1-2-4-11/h6,8-11,14H,1-5,7,18H2. The van der Waals surface area contributed by atoms with E-state index >= 15 is 0 Å². The Hall–Kier alpha value is -1.35. The van der Waals surface area contributed by atoms with Gasteiger partial charge in [0.05, 0.1) is 6.04 Å². The van der Waals surface area contributed by atoms with Gasteiger partial charge in [-0.2, -0.15) is 0 Å². The Morgan fingerprint density at radius 2 is 2.05 bits per heavy atom. The minimum absolute atomic E-state index is 0.0731. The van der Waals surface area contributed by atoms with Crippen LogP contribution in [0.15, 0.2) is 28.7 Å². The van der Waals surface area contributed by atoms with Crippen LogP contribution in [0.2, 0.25) is 0 Å². The van der Waals surface area contributed by atoms with Gasteiger partial charge in [-0.15, -0.1) is 0 Å². The van der Waals surface area contributed by atoms with Crippen molar-refractivity contribution in [3.05, 3.63) is 35.8 Å². The third-order valence-corrected chi connectivity index (χ3v) is 4.22. The van der Waals surface area contributed by atoms with E-state index in [1.165, 1.54) is 44.2 Å². The van der Waals surface area contributed by atoms with Crippen molar-refractivity contribution in [2.45, 2.75) is 44.6 Å². The Kier molecular flexibility index (Phi) is 3.56. The maximum Gasteiger partial charge on any atom is 0.134 e. The maximum absolute atomic E-state index is 13.1. The Labute approximate surface area is 112 Å². The zero-order valence-corrected chi connectivity index (χ0v) is 11.1. The van der Waals surface area contributed by atoms with Gasteiger partial charge in [-0.3, -0.25) is 0 Å². The van der Waals surface area contributed by atoms with Crippen LogP contribution in [-0.2, 0) is 0 Å². The molecule has 0 radical (unpaired) electrons. The molecule has 1 aliphatic rings. The molecule has 0 amide bonds. The number of furan rings is 1. The molecule has 19 heavy (non-hydrogen) atoms. The summed E-state index contributed by atoms with van der Waals surface area (Å²) in [7, 11) is 0. The highest BCUT2D eigenvalue weighted by Gasteiger charge is 2.18. The summed E-state index contributed by atoms with van der Waals surface area (Å²) < 4.78 is 18.8. The second-order valence-electron chi connectivity index (χ2n) is 5.67. The summed E-state index contributed by atoms with van der Waals surface area (Å²) in [6, 6.07) is 6.37. The van der Waals surface area contributed by atoms with Gasteiger partial charge in [0, 0.05) is 5.39 Å². The van der Waals surface area contributed by atoms with E-state index in [4.69, 9.17) is 10.2 Å². The fourth-order valence-corrected chi connectivity index (χ4v) is 3.07. The maximum atomic E-state index is 13.1. The average molecular weight is 261 g/mol. The van der Waals surface area contributed by atoms with Crippen LogP contribution in [0.3, 0.4) is 0 Å². The van der Waals surface area contributed by atoms with Gasteiger partial charge < -0.3 is 10.2 Å². The Bertz CT molecular complexity index is 557. The van der Waals surface area contributed by atoms with Crippen molar-refractivity contribution in [3.8, 4) is 0 Å². The van der Waals surface area contributed by atoms with Crippen molar-refractivity contribution >= 4 is 11.0 Å². The van der Waals surface area contributed by atoms with Crippen LogP contribution in [0, 0.1) is 11.7 Å². The predicted molar refractivity (Wildman–Crippen MR) is 74.3 cm³/mol. The first kappa shape index (κ1) is 12.7. The highest BCUT2D eigenvalue weighted by molar-refractivity contribution is 5.77. The second-order valence-corrected chi connectivity index (χ2v) is 5.67.